The molecule has 2 rings (SSSR count). The molecular formula is C14H20N4. The Morgan fingerprint density at radius 3 is 2.44 bits per heavy atom. The molecule has 0 radical (unpaired) electrons. The van der Waals surface area contributed by atoms with Gasteiger partial charge in [0.15, 0.2) is 0 Å². The molecule has 18 heavy (non-hydrogen) atoms. The Morgan fingerprint density at radius 2 is 1.78 bits per heavy atom. The second-order valence-corrected chi connectivity index (χ2v) is 5.77. The minimum absolute atomic E-state index is 0.275. The molecule has 0 amide bonds. The van der Waals surface area contributed by atoms with E-state index in [0.717, 1.165) is 17.6 Å². The van der Waals surface area contributed by atoms with Crippen molar-refractivity contribution in [3.63, 3.8) is 0 Å². The average molecular weight is 244 g/mol. The topological polar surface area (TPSA) is 50.7 Å². The fourth-order valence-corrected chi connectivity index (χ4v) is 1.51. The van der Waals surface area contributed by atoms with Crippen molar-refractivity contribution < 1.29 is 0 Å². The van der Waals surface area contributed by atoms with Crippen LogP contribution in [0, 0.1) is 11.3 Å². The summed E-state index contributed by atoms with van der Waals surface area (Å²) in [6.45, 7) is 9.78. The van der Waals surface area contributed by atoms with Crippen LogP contribution in [-0.2, 0) is 0 Å². The summed E-state index contributed by atoms with van der Waals surface area (Å²) in [5, 5.41) is 11.5. The summed E-state index contributed by atoms with van der Waals surface area (Å²) in [7, 11) is 0. The van der Waals surface area contributed by atoms with Crippen molar-refractivity contribution in [3.05, 3.63) is 24.3 Å². The lowest BCUT2D eigenvalue weighted by atomic mass is 9.82. The maximum Gasteiger partial charge on any atom is 0.243 e. The van der Waals surface area contributed by atoms with Crippen LogP contribution < -0.4 is 5.32 Å². The normalized spacial score (nSPS) is 13.6. The van der Waals surface area contributed by atoms with E-state index in [1.165, 1.54) is 0 Å². The van der Waals surface area contributed by atoms with E-state index in [4.69, 9.17) is 0 Å². The number of para-hydroxylation sites is 1. The highest BCUT2D eigenvalue weighted by Crippen LogP contribution is 2.25. The van der Waals surface area contributed by atoms with Crippen LogP contribution in [0.5, 0.6) is 0 Å². The van der Waals surface area contributed by atoms with Crippen molar-refractivity contribution in [2.75, 3.05) is 11.9 Å². The van der Waals surface area contributed by atoms with Crippen molar-refractivity contribution in [2.45, 2.75) is 27.7 Å². The standard InChI is InChI=1S/C14H20N4/c1-10(14(2,3)4)9-15-13-16-11-7-5-6-8-12(11)17-18-13/h5-8,10H,9H2,1-4H3,(H,15,16,18). The minimum atomic E-state index is 0.275. The molecule has 1 atom stereocenters. The second-order valence-electron chi connectivity index (χ2n) is 5.77. The Bertz CT molecular complexity index is 531. The van der Waals surface area contributed by atoms with Gasteiger partial charge in [-0.15, -0.1) is 10.2 Å². The smallest absolute Gasteiger partial charge is 0.243 e. The largest absolute Gasteiger partial charge is 0.353 e. The van der Waals surface area contributed by atoms with Gasteiger partial charge in [0.2, 0.25) is 5.95 Å². The van der Waals surface area contributed by atoms with E-state index >= 15 is 0 Å². The third-order valence-corrected chi connectivity index (χ3v) is 3.41. The first-order chi connectivity index (χ1) is 8.47. The number of rotatable bonds is 3. The molecule has 0 aliphatic rings. The Kier molecular flexibility index (Phi) is 3.45. The van der Waals surface area contributed by atoms with E-state index in [9.17, 15) is 0 Å². The number of fused-ring (bicyclic) bond motifs is 1. The molecule has 1 aromatic heterocycles. The van der Waals surface area contributed by atoms with Gasteiger partial charge < -0.3 is 5.32 Å². The van der Waals surface area contributed by atoms with Crippen LogP contribution in [0.25, 0.3) is 11.0 Å². The summed E-state index contributed by atoms with van der Waals surface area (Å²) in [4.78, 5) is 4.44. The summed E-state index contributed by atoms with van der Waals surface area (Å²) in [5.41, 5.74) is 1.97. The molecule has 0 aliphatic heterocycles. The highest BCUT2D eigenvalue weighted by Gasteiger charge is 2.19. The molecule has 1 unspecified atom stereocenters. The van der Waals surface area contributed by atoms with Gasteiger partial charge in [-0.2, -0.15) is 0 Å². The minimum Gasteiger partial charge on any atom is -0.353 e. The van der Waals surface area contributed by atoms with Crippen molar-refractivity contribution >= 4 is 17.0 Å². The molecule has 4 nitrogen and oxygen atoms in total. The van der Waals surface area contributed by atoms with Gasteiger partial charge in [0, 0.05) is 6.54 Å². The van der Waals surface area contributed by atoms with Crippen molar-refractivity contribution in [3.8, 4) is 0 Å². The van der Waals surface area contributed by atoms with E-state index in [0.29, 0.717) is 11.9 Å². The van der Waals surface area contributed by atoms with E-state index in [1.54, 1.807) is 0 Å². The summed E-state index contributed by atoms with van der Waals surface area (Å²) >= 11 is 0. The van der Waals surface area contributed by atoms with Gasteiger partial charge >= 0.3 is 0 Å². The lowest BCUT2D eigenvalue weighted by molar-refractivity contribution is 0.274. The number of nitrogens with zero attached hydrogens (tertiary/aromatic N) is 3. The Hall–Kier alpha value is -1.71. The predicted octanol–water partition coefficient (Wildman–Crippen LogP) is 3.12. The first kappa shape index (κ1) is 12.7. The quantitative estimate of drug-likeness (QED) is 0.901. The molecule has 1 N–H and O–H groups in total. The van der Waals surface area contributed by atoms with Crippen molar-refractivity contribution in [1.29, 1.82) is 0 Å². The molecule has 0 saturated carbocycles. The lowest BCUT2D eigenvalue weighted by Gasteiger charge is -2.27. The zero-order valence-corrected chi connectivity index (χ0v) is 11.4. The molecule has 96 valence electrons. The van der Waals surface area contributed by atoms with Crippen LogP contribution in [-0.4, -0.2) is 21.7 Å². The van der Waals surface area contributed by atoms with Crippen LogP contribution in [0.2, 0.25) is 0 Å². The Morgan fingerprint density at radius 1 is 1.11 bits per heavy atom. The first-order valence-corrected chi connectivity index (χ1v) is 6.30. The van der Waals surface area contributed by atoms with E-state index in [2.05, 4.69) is 48.2 Å². The summed E-state index contributed by atoms with van der Waals surface area (Å²) in [6, 6.07) is 7.76. The Balaban J connectivity index is 2.08. The fraction of sp³-hybridized carbons (Fsp3) is 0.500. The number of hydrogen-bond acceptors (Lipinski definition) is 4. The number of hydrogen-bond donors (Lipinski definition) is 1. The molecular weight excluding hydrogens is 224 g/mol. The highest BCUT2D eigenvalue weighted by molar-refractivity contribution is 5.73. The van der Waals surface area contributed by atoms with Gasteiger partial charge in [-0.05, 0) is 23.5 Å². The van der Waals surface area contributed by atoms with Gasteiger partial charge in [-0.3, -0.25) is 0 Å². The summed E-state index contributed by atoms with van der Waals surface area (Å²) in [5.74, 6) is 1.14. The van der Waals surface area contributed by atoms with Crippen LogP contribution in [0.4, 0.5) is 5.95 Å². The predicted molar refractivity (Wildman–Crippen MR) is 74.4 cm³/mol. The van der Waals surface area contributed by atoms with Gasteiger partial charge in [0.05, 0.1) is 5.52 Å². The highest BCUT2D eigenvalue weighted by atomic mass is 15.2. The number of nitrogens with one attached hydrogen (secondary N) is 1. The summed E-state index contributed by atoms with van der Waals surface area (Å²) in [6.07, 6.45) is 0. The van der Waals surface area contributed by atoms with E-state index in [1.807, 2.05) is 24.3 Å². The van der Waals surface area contributed by atoms with Gasteiger partial charge in [0.1, 0.15) is 5.52 Å². The average Bonchev–Trinajstić information content (AvgIpc) is 2.34. The molecule has 1 aromatic carbocycles. The second kappa shape index (κ2) is 4.88. The van der Waals surface area contributed by atoms with E-state index in [-0.39, 0.29) is 5.41 Å². The zero-order valence-electron chi connectivity index (χ0n) is 11.4. The van der Waals surface area contributed by atoms with Gasteiger partial charge in [-0.25, -0.2) is 4.98 Å². The lowest BCUT2D eigenvalue weighted by Crippen LogP contribution is -2.25. The third kappa shape index (κ3) is 2.94. The van der Waals surface area contributed by atoms with Gasteiger partial charge in [-0.1, -0.05) is 39.8 Å². The molecule has 4 heteroatoms. The molecule has 0 spiro atoms. The van der Waals surface area contributed by atoms with Crippen molar-refractivity contribution in [1.82, 2.24) is 15.2 Å². The molecule has 0 fully saturated rings. The first-order valence-electron chi connectivity index (χ1n) is 6.30. The number of anilines is 1. The van der Waals surface area contributed by atoms with Crippen LogP contribution in [0.15, 0.2) is 24.3 Å². The maximum atomic E-state index is 4.44. The molecule has 0 aliphatic carbocycles. The number of aromatic nitrogens is 3. The van der Waals surface area contributed by atoms with Crippen molar-refractivity contribution in [2.24, 2.45) is 11.3 Å². The van der Waals surface area contributed by atoms with E-state index < -0.39 is 0 Å². The Labute approximate surface area is 108 Å². The number of benzene rings is 1. The SMILES string of the molecule is CC(CNc1nnc2ccccc2n1)C(C)(C)C. The van der Waals surface area contributed by atoms with Crippen LogP contribution >= 0.6 is 0 Å². The molecule has 1 heterocycles. The fourth-order valence-electron chi connectivity index (χ4n) is 1.51. The van der Waals surface area contributed by atoms with Gasteiger partial charge in [0.25, 0.3) is 0 Å². The molecule has 0 saturated heterocycles. The zero-order chi connectivity index (χ0) is 13.2. The molecule has 0 bridgehead atoms. The maximum absolute atomic E-state index is 4.44. The third-order valence-electron chi connectivity index (χ3n) is 3.41. The monoisotopic (exact) mass is 244 g/mol. The molecule has 2 aromatic rings. The summed E-state index contributed by atoms with van der Waals surface area (Å²) < 4.78 is 0. The van der Waals surface area contributed by atoms with Crippen LogP contribution in [0.3, 0.4) is 0 Å². The van der Waals surface area contributed by atoms with Crippen LogP contribution in [0.1, 0.15) is 27.7 Å².